The predicted octanol–water partition coefficient (Wildman–Crippen LogP) is 8.57. The summed E-state index contributed by atoms with van der Waals surface area (Å²) in [4.78, 5) is 14.9. The highest BCUT2D eigenvalue weighted by Crippen LogP contribution is 2.70. The van der Waals surface area contributed by atoms with Crippen LogP contribution >= 0.6 is 0 Å². The maximum Gasteiger partial charge on any atom is 0.174 e. The number of fused-ring (bicyclic) bond motifs is 2. The standard InChI is InChI=1S/C35H56O4/c1-22(2)13-12-19-33(11)27(16-14-23(3)4)21-34(20-18-25(7)8)30(37)28(17-15-24(5)6)31(38)35(33,32(34)39)29(36)26(9)10/h13-15,18,26-27,29,32,36-37,39H,12,16-17,19-21H2,1-11H3/t27-,29?,32?,33+,34+,35-/m0/s1. The van der Waals surface area contributed by atoms with Crippen LogP contribution in [0.25, 0.3) is 0 Å². The van der Waals surface area contributed by atoms with Crippen LogP contribution in [0.2, 0.25) is 0 Å². The van der Waals surface area contributed by atoms with Gasteiger partial charge in [0.1, 0.15) is 5.76 Å². The molecule has 0 aromatic heterocycles. The highest BCUT2D eigenvalue weighted by molar-refractivity contribution is 6.04. The van der Waals surface area contributed by atoms with Gasteiger partial charge in [0.05, 0.1) is 23.0 Å². The van der Waals surface area contributed by atoms with Crippen LogP contribution in [0.4, 0.5) is 0 Å². The van der Waals surface area contributed by atoms with Crippen LogP contribution in [0.1, 0.15) is 115 Å². The molecule has 2 unspecified atom stereocenters. The molecule has 2 bridgehead atoms. The Kier molecular flexibility index (Phi) is 10.9. The van der Waals surface area contributed by atoms with Gasteiger partial charge < -0.3 is 15.3 Å². The highest BCUT2D eigenvalue weighted by atomic mass is 16.3. The van der Waals surface area contributed by atoms with Crippen LogP contribution in [-0.2, 0) is 4.79 Å². The fraction of sp³-hybridized carbons (Fsp3) is 0.686. The van der Waals surface area contributed by atoms with Gasteiger partial charge in [0.2, 0.25) is 0 Å². The lowest BCUT2D eigenvalue weighted by molar-refractivity contribution is -0.243. The maximum atomic E-state index is 14.9. The molecule has 0 aromatic carbocycles. The molecule has 4 nitrogen and oxygen atoms in total. The molecule has 0 aliphatic heterocycles. The molecule has 0 amide bonds. The number of hydrogen-bond acceptors (Lipinski definition) is 4. The Bertz CT molecular complexity index is 1050. The van der Waals surface area contributed by atoms with E-state index >= 15 is 0 Å². The van der Waals surface area contributed by atoms with Gasteiger partial charge in [-0.2, -0.15) is 0 Å². The first kappa shape index (κ1) is 33.3. The zero-order chi connectivity index (χ0) is 29.9. The average molecular weight is 541 g/mol. The zero-order valence-corrected chi connectivity index (χ0v) is 26.6. The summed E-state index contributed by atoms with van der Waals surface area (Å²) in [6, 6.07) is 0. The fourth-order valence-electron chi connectivity index (χ4n) is 7.26. The van der Waals surface area contributed by atoms with Gasteiger partial charge in [-0.15, -0.1) is 0 Å². The van der Waals surface area contributed by atoms with Gasteiger partial charge in [-0.25, -0.2) is 0 Å². The molecule has 6 atom stereocenters. The molecule has 39 heavy (non-hydrogen) atoms. The Labute approximate surface area is 238 Å². The number of carbonyl (C=O) groups excluding carboxylic acids is 1. The van der Waals surface area contributed by atoms with Crippen LogP contribution in [0, 0.1) is 28.1 Å². The molecule has 3 N–H and O–H groups in total. The summed E-state index contributed by atoms with van der Waals surface area (Å²) in [6.07, 6.45) is 9.63. The van der Waals surface area contributed by atoms with Crippen molar-refractivity contribution in [3.05, 3.63) is 57.9 Å². The third-order valence-electron chi connectivity index (χ3n) is 9.53. The van der Waals surface area contributed by atoms with Crippen molar-refractivity contribution in [2.24, 2.45) is 28.1 Å². The predicted molar refractivity (Wildman–Crippen MR) is 163 cm³/mol. The van der Waals surface area contributed by atoms with Gasteiger partial charge in [-0.05, 0) is 111 Å². The first-order valence-corrected chi connectivity index (χ1v) is 14.9. The van der Waals surface area contributed by atoms with Crippen LogP contribution in [0.15, 0.2) is 57.9 Å². The second-order valence-electron chi connectivity index (χ2n) is 13.9. The summed E-state index contributed by atoms with van der Waals surface area (Å²) in [5.74, 6) is -0.521. The van der Waals surface area contributed by atoms with Gasteiger partial charge in [-0.3, -0.25) is 4.79 Å². The van der Waals surface area contributed by atoms with Crippen molar-refractivity contribution >= 4 is 5.78 Å². The number of aliphatic hydroxyl groups is 3. The van der Waals surface area contributed by atoms with Crippen molar-refractivity contribution < 1.29 is 20.1 Å². The van der Waals surface area contributed by atoms with Gasteiger partial charge >= 0.3 is 0 Å². The molecule has 0 aromatic rings. The van der Waals surface area contributed by atoms with Crippen molar-refractivity contribution in [2.75, 3.05) is 0 Å². The lowest BCUT2D eigenvalue weighted by Gasteiger charge is -2.67. The zero-order valence-electron chi connectivity index (χ0n) is 26.6. The third-order valence-corrected chi connectivity index (χ3v) is 9.53. The van der Waals surface area contributed by atoms with E-state index in [4.69, 9.17) is 0 Å². The van der Waals surface area contributed by atoms with E-state index in [0.717, 1.165) is 24.0 Å². The summed E-state index contributed by atoms with van der Waals surface area (Å²) in [7, 11) is 0. The quantitative estimate of drug-likeness (QED) is 0.229. The molecule has 220 valence electrons. The minimum Gasteiger partial charge on any atom is -0.511 e. The third kappa shape index (κ3) is 6.07. The van der Waals surface area contributed by atoms with Crippen LogP contribution in [0.3, 0.4) is 0 Å². The highest BCUT2D eigenvalue weighted by Gasteiger charge is 2.75. The summed E-state index contributed by atoms with van der Waals surface area (Å²) in [5.41, 5.74) is 1.75. The first-order chi connectivity index (χ1) is 18.0. The number of aliphatic hydroxyl groups excluding tert-OH is 3. The lowest BCUT2D eigenvalue weighted by Crippen LogP contribution is -2.74. The van der Waals surface area contributed by atoms with Crippen LogP contribution in [-0.4, -0.2) is 33.3 Å². The van der Waals surface area contributed by atoms with Gasteiger partial charge in [0, 0.05) is 5.57 Å². The summed E-state index contributed by atoms with van der Waals surface area (Å²) in [5, 5.41) is 36.7. The average Bonchev–Trinajstić information content (AvgIpc) is 2.81. The van der Waals surface area contributed by atoms with Crippen LogP contribution in [0.5, 0.6) is 0 Å². The van der Waals surface area contributed by atoms with Crippen molar-refractivity contribution in [1.82, 2.24) is 0 Å². The van der Waals surface area contributed by atoms with E-state index in [0.29, 0.717) is 31.3 Å². The molecule has 4 heteroatoms. The molecule has 2 rings (SSSR count). The smallest absolute Gasteiger partial charge is 0.174 e. The molecule has 0 spiro atoms. The maximum absolute atomic E-state index is 14.9. The number of rotatable bonds is 11. The van der Waals surface area contributed by atoms with E-state index in [9.17, 15) is 20.1 Å². The Morgan fingerprint density at radius 1 is 0.923 bits per heavy atom. The lowest BCUT2D eigenvalue weighted by atomic mass is 9.37. The number of allylic oxidation sites excluding steroid dienone is 9. The monoisotopic (exact) mass is 540 g/mol. The molecule has 2 aliphatic rings. The Morgan fingerprint density at radius 2 is 1.46 bits per heavy atom. The summed E-state index contributed by atoms with van der Waals surface area (Å²) >= 11 is 0. The van der Waals surface area contributed by atoms with Crippen molar-refractivity contribution in [2.45, 2.75) is 127 Å². The normalized spacial score (nSPS) is 31.1. The van der Waals surface area contributed by atoms with E-state index < -0.39 is 28.5 Å². The number of carbonyl (C=O) groups is 1. The molecular weight excluding hydrogens is 484 g/mol. The number of ketones is 1. The van der Waals surface area contributed by atoms with Crippen molar-refractivity contribution in [3.63, 3.8) is 0 Å². The second-order valence-corrected chi connectivity index (χ2v) is 13.9. The SMILES string of the molecule is CC(C)=CCC[C@]1(C)[C@@H](CC=C(C)C)C[C@]2(CC=C(C)C)C(O)=C(CC=C(C)C)C(=O)[C@@]1(C(O)C(C)C)C2O. The minimum atomic E-state index is -1.44. The largest absolute Gasteiger partial charge is 0.511 e. The van der Waals surface area contributed by atoms with Crippen molar-refractivity contribution in [1.29, 1.82) is 0 Å². The molecule has 0 heterocycles. The van der Waals surface area contributed by atoms with E-state index in [1.807, 2.05) is 47.6 Å². The van der Waals surface area contributed by atoms with Gasteiger partial charge in [0.25, 0.3) is 0 Å². The number of hydrogen-bond donors (Lipinski definition) is 3. The second kappa shape index (κ2) is 12.7. The molecule has 1 fully saturated rings. The van der Waals surface area contributed by atoms with E-state index in [1.54, 1.807) is 0 Å². The van der Waals surface area contributed by atoms with E-state index in [2.05, 4.69) is 52.8 Å². The van der Waals surface area contributed by atoms with E-state index in [1.165, 1.54) is 11.1 Å². The van der Waals surface area contributed by atoms with Gasteiger partial charge in [-0.1, -0.05) is 67.4 Å². The Balaban J connectivity index is 3.06. The molecule has 1 saturated carbocycles. The molecule has 0 saturated heterocycles. The summed E-state index contributed by atoms with van der Waals surface area (Å²) in [6.45, 7) is 22.3. The van der Waals surface area contributed by atoms with E-state index in [-0.39, 0.29) is 23.4 Å². The number of Topliss-reactive ketones (excluding diaryl/α,β-unsaturated/α-hetero) is 1. The summed E-state index contributed by atoms with van der Waals surface area (Å²) < 4.78 is 0. The Hall–Kier alpha value is -1.91. The van der Waals surface area contributed by atoms with Crippen molar-refractivity contribution in [3.8, 4) is 0 Å². The first-order valence-electron chi connectivity index (χ1n) is 14.9. The molecule has 2 aliphatic carbocycles. The topological polar surface area (TPSA) is 77.8 Å². The fourth-order valence-corrected chi connectivity index (χ4v) is 7.26. The van der Waals surface area contributed by atoms with Crippen LogP contribution < -0.4 is 0 Å². The minimum absolute atomic E-state index is 0.0172. The van der Waals surface area contributed by atoms with Gasteiger partial charge in [0.15, 0.2) is 5.78 Å². The molecule has 0 radical (unpaired) electrons. The Morgan fingerprint density at radius 3 is 1.95 bits per heavy atom. The molecular formula is C35H56O4.